The number of nitriles is 1. The first kappa shape index (κ1) is 21.9. The maximum Gasteiger partial charge on any atom is 0.416 e. The number of nitrogens with one attached hydrogen (secondary N) is 1. The van der Waals surface area contributed by atoms with Gasteiger partial charge in [0.2, 0.25) is 0 Å². The summed E-state index contributed by atoms with van der Waals surface area (Å²) in [6.45, 7) is 0. The van der Waals surface area contributed by atoms with Crippen LogP contribution in [0.15, 0.2) is 33.7 Å². The third-order valence-corrected chi connectivity index (χ3v) is 4.13. The largest absolute Gasteiger partial charge is 0.446 e. The van der Waals surface area contributed by atoms with Crippen LogP contribution in [0.1, 0.15) is 5.56 Å². The maximum absolute atomic E-state index is 14.3. The molecule has 0 heterocycles. The van der Waals surface area contributed by atoms with E-state index < -0.39 is 40.7 Å². The molecule has 0 aromatic heterocycles. The minimum Gasteiger partial charge on any atom is -0.446 e. The summed E-state index contributed by atoms with van der Waals surface area (Å²) in [5, 5.41) is 10.9. The topological polar surface area (TPSA) is 57.4 Å². The van der Waals surface area contributed by atoms with E-state index in [1.807, 2.05) is 0 Å². The maximum atomic E-state index is 14.3. The van der Waals surface area contributed by atoms with Gasteiger partial charge in [-0.3, -0.25) is 5.32 Å². The number of halogens is 7. The normalized spacial score (nSPS) is 11.9. The standard InChI is InChI=1S/C16H8BrF6N3OS/c1-28-15(25-6-24)26-12-5-8(17)4-11(20)14(12)27-13-9(18)2-7(3-10(13)19)16(21,22)23/h2-5H,1H3,(H,25,26). The van der Waals surface area contributed by atoms with Gasteiger partial charge in [0.15, 0.2) is 40.3 Å². The quantitative estimate of drug-likeness (QED) is 0.188. The molecule has 148 valence electrons. The molecule has 0 saturated heterocycles. The predicted molar refractivity (Wildman–Crippen MR) is 94.9 cm³/mol. The zero-order chi connectivity index (χ0) is 21.1. The number of alkyl halides is 3. The van der Waals surface area contributed by atoms with Crippen molar-refractivity contribution in [3.63, 3.8) is 0 Å². The Bertz CT molecular complexity index is 951. The van der Waals surface area contributed by atoms with Crippen molar-refractivity contribution < 1.29 is 31.1 Å². The summed E-state index contributed by atoms with van der Waals surface area (Å²) in [4.78, 5) is 3.93. The van der Waals surface area contributed by atoms with Crippen LogP contribution in [0.25, 0.3) is 0 Å². The van der Waals surface area contributed by atoms with E-state index in [4.69, 9.17) is 10.00 Å². The molecule has 2 aromatic rings. The number of hydrogen-bond donors (Lipinski definition) is 1. The zero-order valence-corrected chi connectivity index (χ0v) is 16.1. The lowest BCUT2D eigenvalue weighted by Gasteiger charge is -2.14. The average Bonchev–Trinajstić information content (AvgIpc) is 2.58. The molecular weight excluding hydrogens is 476 g/mol. The van der Waals surface area contributed by atoms with Crippen molar-refractivity contribution in [1.82, 2.24) is 5.32 Å². The Balaban J connectivity index is 2.57. The number of nitrogens with zero attached hydrogens (tertiary/aromatic N) is 2. The number of hydrogen-bond acceptors (Lipinski definition) is 4. The lowest BCUT2D eigenvalue weighted by atomic mass is 10.2. The van der Waals surface area contributed by atoms with Crippen LogP contribution in [0.3, 0.4) is 0 Å². The number of thioether (sulfide) groups is 1. The van der Waals surface area contributed by atoms with E-state index in [2.05, 4.69) is 26.2 Å². The van der Waals surface area contributed by atoms with Crippen molar-refractivity contribution in [2.24, 2.45) is 4.99 Å². The van der Waals surface area contributed by atoms with E-state index in [0.29, 0.717) is 0 Å². The fraction of sp³-hybridized carbons (Fsp3) is 0.125. The van der Waals surface area contributed by atoms with Crippen LogP contribution in [-0.4, -0.2) is 11.4 Å². The van der Waals surface area contributed by atoms with Gasteiger partial charge in [-0.15, -0.1) is 0 Å². The zero-order valence-electron chi connectivity index (χ0n) is 13.7. The molecule has 0 radical (unpaired) electrons. The first-order valence-corrected chi connectivity index (χ1v) is 9.09. The van der Waals surface area contributed by atoms with Crippen molar-refractivity contribution in [1.29, 1.82) is 5.26 Å². The van der Waals surface area contributed by atoms with Gasteiger partial charge >= 0.3 is 6.18 Å². The summed E-state index contributed by atoms with van der Waals surface area (Å²) in [6, 6.07) is 2.20. The second-order valence-corrected chi connectivity index (χ2v) is 6.67. The van der Waals surface area contributed by atoms with Crippen molar-refractivity contribution in [2.75, 3.05) is 6.26 Å². The molecule has 0 saturated carbocycles. The molecule has 28 heavy (non-hydrogen) atoms. The van der Waals surface area contributed by atoms with E-state index >= 15 is 0 Å². The van der Waals surface area contributed by atoms with E-state index in [-0.39, 0.29) is 27.5 Å². The van der Waals surface area contributed by atoms with Crippen LogP contribution in [0.4, 0.5) is 32.0 Å². The molecular formula is C16H8BrF6N3OS. The first-order chi connectivity index (χ1) is 13.1. The van der Waals surface area contributed by atoms with Crippen LogP contribution in [0, 0.1) is 28.9 Å². The highest BCUT2D eigenvalue weighted by Crippen LogP contribution is 2.40. The van der Waals surface area contributed by atoms with Crippen molar-refractivity contribution in [2.45, 2.75) is 6.18 Å². The Labute approximate surface area is 167 Å². The van der Waals surface area contributed by atoms with E-state index in [9.17, 15) is 26.3 Å². The number of amidine groups is 1. The third-order valence-electron chi connectivity index (χ3n) is 3.10. The molecule has 4 nitrogen and oxygen atoms in total. The Hall–Kier alpha value is -2.39. The monoisotopic (exact) mass is 483 g/mol. The molecule has 2 aromatic carbocycles. The van der Waals surface area contributed by atoms with Gasteiger partial charge in [-0.25, -0.2) is 18.2 Å². The van der Waals surface area contributed by atoms with E-state index in [0.717, 1.165) is 17.8 Å². The van der Waals surface area contributed by atoms with Crippen LogP contribution >= 0.6 is 27.7 Å². The molecule has 0 bridgehead atoms. The second kappa shape index (κ2) is 8.74. The SMILES string of the molecule is CSC(=Nc1cc(Br)cc(F)c1Oc1c(F)cc(C(F)(F)F)cc1F)NC#N. The van der Waals surface area contributed by atoms with Gasteiger partial charge in [0.25, 0.3) is 0 Å². The highest BCUT2D eigenvalue weighted by Gasteiger charge is 2.33. The molecule has 0 unspecified atom stereocenters. The minimum absolute atomic E-state index is 0.0122. The molecule has 0 fully saturated rings. The fourth-order valence-corrected chi connectivity index (χ4v) is 2.69. The lowest BCUT2D eigenvalue weighted by Crippen LogP contribution is -2.12. The van der Waals surface area contributed by atoms with Gasteiger partial charge in [-0.2, -0.15) is 18.4 Å². The summed E-state index contributed by atoms with van der Waals surface area (Å²) in [6.07, 6.45) is -1.83. The molecule has 0 aliphatic heterocycles. The van der Waals surface area contributed by atoms with Gasteiger partial charge in [0.05, 0.1) is 5.56 Å². The van der Waals surface area contributed by atoms with Crippen molar-refractivity contribution in [3.8, 4) is 17.7 Å². The Morgan fingerprint density at radius 1 is 1.11 bits per heavy atom. The fourth-order valence-electron chi connectivity index (χ4n) is 1.94. The van der Waals surface area contributed by atoms with Gasteiger partial charge in [0.1, 0.15) is 5.69 Å². The van der Waals surface area contributed by atoms with Crippen molar-refractivity contribution in [3.05, 3.63) is 51.8 Å². The van der Waals surface area contributed by atoms with E-state index in [1.165, 1.54) is 6.07 Å². The predicted octanol–water partition coefficient (Wildman–Crippen LogP) is 6.10. The van der Waals surface area contributed by atoms with Crippen LogP contribution < -0.4 is 10.1 Å². The Morgan fingerprint density at radius 2 is 1.68 bits per heavy atom. The summed E-state index contributed by atoms with van der Waals surface area (Å²) in [5.74, 6) is -6.42. The summed E-state index contributed by atoms with van der Waals surface area (Å²) in [7, 11) is 0. The Morgan fingerprint density at radius 3 is 2.18 bits per heavy atom. The highest BCUT2D eigenvalue weighted by molar-refractivity contribution is 9.10. The second-order valence-electron chi connectivity index (χ2n) is 4.96. The molecule has 0 aliphatic rings. The smallest absolute Gasteiger partial charge is 0.416 e. The summed E-state index contributed by atoms with van der Waals surface area (Å²) >= 11 is 3.99. The lowest BCUT2D eigenvalue weighted by molar-refractivity contribution is -0.138. The first-order valence-electron chi connectivity index (χ1n) is 7.07. The number of ether oxygens (including phenoxy) is 1. The van der Waals surface area contributed by atoms with E-state index in [1.54, 1.807) is 12.4 Å². The average molecular weight is 484 g/mol. The number of rotatable bonds is 3. The highest BCUT2D eigenvalue weighted by atomic mass is 79.9. The molecule has 2 rings (SSSR count). The molecule has 0 amide bonds. The summed E-state index contributed by atoms with van der Waals surface area (Å²) in [5.41, 5.74) is -1.83. The minimum atomic E-state index is -4.98. The van der Waals surface area contributed by atoms with Gasteiger partial charge in [0, 0.05) is 4.47 Å². The number of aliphatic imine (C=N–C) groups is 1. The molecule has 1 N–H and O–H groups in total. The molecule has 12 heteroatoms. The molecule has 0 aliphatic carbocycles. The van der Waals surface area contributed by atoms with Gasteiger partial charge < -0.3 is 4.74 Å². The van der Waals surface area contributed by atoms with Crippen LogP contribution in [0.2, 0.25) is 0 Å². The molecule has 0 spiro atoms. The van der Waals surface area contributed by atoms with Gasteiger partial charge in [-0.05, 0) is 30.5 Å². The van der Waals surface area contributed by atoms with Gasteiger partial charge in [-0.1, -0.05) is 27.7 Å². The molecule has 0 atom stereocenters. The third kappa shape index (κ3) is 5.11. The van der Waals surface area contributed by atoms with Crippen LogP contribution in [-0.2, 0) is 6.18 Å². The number of benzene rings is 2. The summed E-state index contributed by atoms with van der Waals surface area (Å²) < 4.78 is 85.4. The Kier molecular flexibility index (Phi) is 6.84. The van der Waals surface area contributed by atoms with Crippen LogP contribution in [0.5, 0.6) is 11.5 Å². The van der Waals surface area contributed by atoms with Crippen molar-refractivity contribution >= 4 is 38.5 Å².